The number of aromatic nitrogens is 1. The Hall–Kier alpha value is -1.23. The maximum atomic E-state index is 5.97. The van der Waals surface area contributed by atoms with Crippen LogP contribution in [0.5, 0.6) is 0 Å². The van der Waals surface area contributed by atoms with E-state index in [4.69, 9.17) is 10.5 Å². The van der Waals surface area contributed by atoms with E-state index in [1.54, 1.807) is 11.3 Å². The Kier molecular flexibility index (Phi) is 4.45. The van der Waals surface area contributed by atoms with Crippen molar-refractivity contribution in [1.29, 1.82) is 0 Å². The summed E-state index contributed by atoms with van der Waals surface area (Å²) in [5, 5.41) is 3.06. The fourth-order valence-corrected chi connectivity index (χ4v) is 3.43. The molecular weight excluding hydrogens is 268 g/mol. The molecule has 1 saturated carbocycles. The summed E-state index contributed by atoms with van der Waals surface area (Å²) >= 11 is 1.65. The summed E-state index contributed by atoms with van der Waals surface area (Å²) in [5.41, 5.74) is 8.94. The minimum absolute atomic E-state index is 0.461. The zero-order valence-electron chi connectivity index (χ0n) is 11.5. The maximum absolute atomic E-state index is 5.97. The first kappa shape index (κ1) is 13.7. The third kappa shape index (κ3) is 3.26. The predicted octanol–water partition coefficient (Wildman–Crippen LogP) is 3.73. The molecule has 0 atom stereocenters. The second kappa shape index (κ2) is 6.48. The lowest BCUT2D eigenvalue weighted by molar-refractivity contribution is 0.0457. The second-order valence-electron chi connectivity index (χ2n) is 5.27. The first-order valence-electron chi connectivity index (χ1n) is 7.20. The number of ether oxygens (including phenoxy) is 1. The van der Waals surface area contributed by atoms with Crippen molar-refractivity contribution in [2.45, 2.75) is 44.9 Å². The molecule has 3 rings (SSSR count). The number of benzene rings is 1. The molecule has 2 aromatic rings. The molecule has 1 fully saturated rings. The summed E-state index contributed by atoms with van der Waals surface area (Å²) in [5.74, 6) is 0. The minimum Gasteiger partial charge on any atom is -0.374 e. The Morgan fingerprint density at radius 1 is 1.30 bits per heavy atom. The van der Waals surface area contributed by atoms with Gasteiger partial charge in [-0.05, 0) is 24.5 Å². The largest absolute Gasteiger partial charge is 0.374 e. The molecule has 1 aromatic carbocycles. The fraction of sp³-hybridized carbons (Fsp3) is 0.438. The monoisotopic (exact) mass is 288 g/mol. The van der Waals surface area contributed by atoms with Gasteiger partial charge in [-0.2, -0.15) is 0 Å². The molecule has 1 aromatic heterocycles. The highest BCUT2D eigenvalue weighted by atomic mass is 32.1. The van der Waals surface area contributed by atoms with E-state index in [1.807, 2.05) is 5.38 Å². The zero-order chi connectivity index (χ0) is 13.8. The fourth-order valence-electron chi connectivity index (χ4n) is 2.60. The SMILES string of the molecule is NCc1csc(-c2cccc(COC3CCCC3)c2)n1. The molecule has 0 aliphatic heterocycles. The van der Waals surface area contributed by atoms with Gasteiger partial charge in [0.25, 0.3) is 0 Å². The molecule has 0 saturated heterocycles. The Morgan fingerprint density at radius 3 is 2.90 bits per heavy atom. The van der Waals surface area contributed by atoms with Crippen LogP contribution in [0.3, 0.4) is 0 Å². The van der Waals surface area contributed by atoms with E-state index in [0.29, 0.717) is 19.3 Å². The molecule has 1 heterocycles. The lowest BCUT2D eigenvalue weighted by Gasteiger charge is -2.11. The van der Waals surface area contributed by atoms with Gasteiger partial charge < -0.3 is 10.5 Å². The Morgan fingerprint density at radius 2 is 2.15 bits per heavy atom. The van der Waals surface area contributed by atoms with Crippen LogP contribution in [0.1, 0.15) is 36.9 Å². The molecule has 1 aliphatic carbocycles. The van der Waals surface area contributed by atoms with Crippen molar-refractivity contribution in [3.63, 3.8) is 0 Å². The van der Waals surface area contributed by atoms with Gasteiger partial charge in [-0.15, -0.1) is 11.3 Å². The smallest absolute Gasteiger partial charge is 0.123 e. The van der Waals surface area contributed by atoms with E-state index in [0.717, 1.165) is 16.3 Å². The molecule has 0 amide bonds. The second-order valence-corrected chi connectivity index (χ2v) is 6.12. The molecule has 0 radical (unpaired) electrons. The Bertz CT molecular complexity index is 561. The van der Waals surface area contributed by atoms with E-state index in [1.165, 1.54) is 31.2 Å². The minimum atomic E-state index is 0.461. The third-order valence-electron chi connectivity index (χ3n) is 3.72. The summed E-state index contributed by atoms with van der Waals surface area (Å²) < 4.78 is 5.97. The highest BCUT2D eigenvalue weighted by molar-refractivity contribution is 7.13. The molecule has 4 heteroatoms. The van der Waals surface area contributed by atoms with Crippen molar-refractivity contribution in [2.24, 2.45) is 5.73 Å². The predicted molar refractivity (Wildman–Crippen MR) is 82.5 cm³/mol. The van der Waals surface area contributed by atoms with Crippen LogP contribution in [0.15, 0.2) is 29.6 Å². The number of rotatable bonds is 5. The highest BCUT2D eigenvalue weighted by Crippen LogP contribution is 2.26. The van der Waals surface area contributed by atoms with Crippen molar-refractivity contribution in [3.8, 4) is 10.6 Å². The lowest BCUT2D eigenvalue weighted by Crippen LogP contribution is -2.07. The highest BCUT2D eigenvalue weighted by Gasteiger charge is 2.15. The normalized spacial score (nSPS) is 15.8. The van der Waals surface area contributed by atoms with Gasteiger partial charge in [-0.25, -0.2) is 4.98 Å². The van der Waals surface area contributed by atoms with Gasteiger partial charge in [-0.3, -0.25) is 0 Å². The number of hydrogen-bond donors (Lipinski definition) is 1. The van der Waals surface area contributed by atoms with Crippen molar-refractivity contribution in [2.75, 3.05) is 0 Å². The Labute approximate surface area is 123 Å². The summed E-state index contributed by atoms with van der Waals surface area (Å²) in [7, 11) is 0. The quantitative estimate of drug-likeness (QED) is 0.912. The van der Waals surface area contributed by atoms with Crippen molar-refractivity contribution < 1.29 is 4.74 Å². The van der Waals surface area contributed by atoms with Crippen molar-refractivity contribution in [1.82, 2.24) is 4.98 Å². The summed E-state index contributed by atoms with van der Waals surface area (Å²) in [6.45, 7) is 1.20. The summed E-state index contributed by atoms with van der Waals surface area (Å²) in [6, 6.07) is 8.47. The van der Waals surface area contributed by atoms with Gasteiger partial charge >= 0.3 is 0 Å². The number of nitrogens with zero attached hydrogens (tertiary/aromatic N) is 1. The lowest BCUT2D eigenvalue weighted by atomic mass is 10.1. The van der Waals surface area contributed by atoms with Crippen LogP contribution in [0.2, 0.25) is 0 Å². The Balaban J connectivity index is 1.68. The first-order valence-corrected chi connectivity index (χ1v) is 8.08. The molecule has 0 spiro atoms. The summed E-state index contributed by atoms with van der Waals surface area (Å²) in [6.07, 6.45) is 5.51. The van der Waals surface area contributed by atoms with Crippen molar-refractivity contribution >= 4 is 11.3 Å². The third-order valence-corrected chi connectivity index (χ3v) is 4.66. The van der Waals surface area contributed by atoms with Gasteiger partial charge in [0.05, 0.1) is 18.4 Å². The standard InChI is InChI=1S/C16H20N2OS/c17-9-14-11-20-16(18-14)13-5-3-4-12(8-13)10-19-15-6-1-2-7-15/h3-5,8,11,15H,1-2,6-7,9-10,17H2. The van der Waals surface area contributed by atoms with Crippen LogP contribution < -0.4 is 5.73 Å². The van der Waals surface area contributed by atoms with Gasteiger partial charge in [0.2, 0.25) is 0 Å². The van der Waals surface area contributed by atoms with Crippen LogP contribution >= 0.6 is 11.3 Å². The van der Waals surface area contributed by atoms with E-state index in [9.17, 15) is 0 Å². The molecular formula is C16H20N2OS. The van der Waals surface area contributed by atoms with Crippen LogP contribution in [-0.2, 0) is 17.9 Å². The van der Waals surface area contributed by atoms with Gasteiger partial charge in [0, 0.05) is 17.5 Å². The number of hydrogen-bond acceptors (Lipinski definition) is 4. The number of nitrogens with two attached hydrogens (primary N) is 1. The van der Waals surface area contributed by atoms with E-state index >= 15 is 0 Å². The van der Waals surface area contributed by atoms with Crippen LogP contribution in [0.25, 0.3) is 10.6 Å². The van der Waals surface area contributed by atoms with Crippen molar-refractivity contribution in [3.05, 3.63) is 40.9 Å². The molecule has 1 aliphatic rings. The van der Waals surface area contributed by atoms with E-state index in [2.05, 4.69) is 29.2 Å². The topological polar surface area (TPSA) is 48.1 Å². The number of thiazole rings is 1. The average molecular weight is 288 g/mol. The molecule has 3 nitrogen and oxygen atoms in total. The van der Waals surface area contributed by atoms with Crippen LogP contribution in [0, 0.1) is 0 Å². The van der Waals surface area contributed by atoms with E-state index < -0.39 is 0 Å². The molecule has 0 unspecified atom stereocenters. The van der Waals surface area contributed by atoms with Crippen LogP contribution in [-0.4, -0.2) is 11.1 Å². The summed E-state index contributed by atoms with van der Waals surface area (Å²) in [4.78, 5) is 4.53. The van der Waals surface area contributed by atoms with Gasteiger partial charge in [0.15, 0.2) is 0 Å². The average Bonchev–Trinajstić information content (AvgIpc) is 3.16. The molecule has 0 bridgehead atoms. The zero-order valence-corrected chi connectivity index (χ0v) is 12.4. The molecule has 106 valence electrons. The molecule has 2 N–H and O–H groups in total. The van der Waals surface area contributed by atoms with E-state index in [-0.39, 0.29) is 0 Å². The van der Waals surface area contributed by atoms with Gasteiger partial charge in [-0.1, -0.05) is 31.0 Å². The maximum Gasteiger partial charge on any atom is 0.123 e. The van der Waals surface area contributed by atoms with Crippen LogP contribution in [0.4, 0.5) is 0 Å². The first-order chi connectivity index (χ1) is 9.85. The van der Waals surface area contributed by atoms with Gasteiger partial charge in [0.1, 0.15) is 5.01 Å². The molecule has 20 heavy (non-hydrogen) atoms.